The van der Waals surface area contributed by atoms with Crippen molar-refractivity contribution in [2.24, 2.45) is 0 Å². The zero-order valence-electron chi connectivity index (χ0n) is 15.2. The zero-order chi connectivity index (χ0) is 21.6. The number of benzene rings is 1. The van der Waals surface area contributed by atoms with E-state index in [0.29, 0.717) is 45.0 Å². The van der Waals surface area contributed by atoms with E-state index in [0.717, 1.165) is 0 Å². The molecule has 2 heterocycles. The van der Waals surface area contributed by atoms with E-state index < -0.39 is 18.2 Å². The van der Waals surface area contributed by atoms with E-state index in [2.05, 4.69) is 0 Å². The Morgan fingerprint density at radius 3 is 2.14 bits per heavy atom. The normalized spacial score (nSPS) is 16.8. The van der Waals surface area contributed by atoms with Crippen LogP contribution in [-0.4, -0.2) is 84.9 Å². The van der Waals surface area contributed by atoms with Crippen molar-refractivity contribution in [2.45, 2.75) is 6.18 Å². The maximum absolute atomic E-state index is 13.8. The first kappa shape index (κ1) is 22.2. The van der Waals surface area contributed by atoms with Gasteiger partial charge in [0.25, 0.3) is 0 Å². The molecular weight excluding hydrogens is 402 g/mol. The van der Waals surface area contributed by atoms with Crippen molar-refractivity contribution in [1.82, 2.24) is 9.80 Å². The minimum absolute atomic E-state index is 0.0541. The van der Waals surface area contributed by atoms with Gasteiger partial charge >= 0.3 is 18.2 Å². The lowest BCUT2D eigenvalue weighted by Gasteiger charge is -2.36. The Morgan fingerprint density at radius 2 is 1.66 bits per heavy atom. The fraction of sp³-hybridized carbons (Fsp3) is 0.471. The summed E-state index contributed by atoms with van der Waals surface area (Å²) < 4.78 is 50.3. The second-order valence-electron chi connectivity index (χ2n) is 6.16. The first-order valence-electron chi connectivity index (χ1n) is 8.58. The molecule has 0 saturated carbocycles. The molecule has 2 amide bonds. The van der Waals surface area contributed by atoms with Crippen LogP contribution in [0, 0.1) is 5.82 Å². The van der Waals surface area contributed by atoms with Gasteiger partial charge in [0.2, 0.25) is 5.91 Å². The molecule has 8 nitrogen and oxygen atoms in total. The number of halogens is 4. The number of carbonyl (C=O) groups excluding carboxylic acids is 2. The molecule has 0 spiro atoms. The Labute approximate surface area is 163 Å². The van der Waals surface area contributed by atoms with Gasteiger partial charge in [-0.15, -0.1) is 0 Å². The molecular formula is C17H19F4N3O5. The number of alkyl halides is 3. The molecule has 160 valence electrons. The highest BCUT2D eigenvalue weighted by Crippen LogP contribution is 2.20. The van der Waals surface area contributed by atoms with Crippen LogP contribution in [0.3, 0.4) is 0 Å². The Hall–Kier alpha value is -3.05. The van der Waals surface area contributed by atoms with E-state index in [1.165, 1.54) is 11.0 Å². The van der Waals surface area contributed by atoms with Gasteiger partial charge in [-0.05, 0) is 12.1 Å². The van der Waals surface area contributed by atoms with Crippen molar-refractivity contribution in [2.75, 3.05) is 50.8 Å². The summed E-state index contributed by atoms with van der Waals surface area (Å²) in [7, 11) is 0. The molecule has 0 radical (unpaired) electrons. The van der Waals surface area contributed by atoms with E-state index in [4.69, 9.17) is 14.6 Å². The maximum atomic E-state index is 13.8. The predicted molar refractivity (Wildman–Crippen MR) is 91.8 cm³/mol. The number of carbonyl (C=O) groups is 3. The third-order valence-corrected chi connectivity index (χ3v) is 4.24. The molecule has 3 rings (SSSR count). The number of rotatable bonds is 3. The number of hydrogen-bond acceptors (Lipinski definition) is 5. The predicted octanol–water partition coefficient (Wildman–Crippen LogP) is 1.56. The number of anilines is 1. The van der Waals surface area contributed by atoms with E-state index in [1.54, 1.807) is 23.1 Å². The zero-order valence-corrected chi connectivity index (χ0v) is 15.2. The Kier molecular flexibility index (Phi) is 7.23. The molecule has 0 atom stereocenters. The van der Waals surface area contributed by atoms with E-state index >= 15 is 0 Å². The topological polar surface area (TPSA) is 90.4 Å². The summed E-state index contributed by atoms with van der Waals surface area (Å²) in [5.41, 5.74) is 0.567. The number of amides is 2. The average Bonchev–Trinajstić information content (AvgIpc) is 3.06. The van der Waals surface area contributed by atoms with Crippen LogP contribution >= 0.6 is 0 Å². The van der Waals surface area contributed by atoms with Gasteiger partial charge in [-0.1, -0.05) is 12.1 Å². The molecule has 1 aromatic rings. The summed E-state index contributed by atoms with van der Waals surface area (Å²) >= 11 is 0. The molecule has 12 heteroatoms. The van der Waals surface area contributed by atoms with E-state index in [1.807, 2.05) is 4.90 Å². The molecule has 2 aliphatic rings. The smallest absolute Gasteiger partial charge is 0.475 e. The second-order valence-corrected chi connectivity index (χ2v) is 6.16. The first-order valence-corrected chi connectivity index (χ1v) is 8.58. The second kappa shape index (κ2) is 9.43. The van der Waals surface area contributed by atoms with Gasteiger partial charge in [0.05, 0.1) is 12.2 Å². The van der Waals surface area contributed by atoms with Crippen molar-refractivity contribution in [3.63, 3.8) is 0 Å². The number of nitrogens with zero attached hydrogens (tertiary/aromatic N) is 3. The number of carboxylic acid groups (broad SMARTS) is 1. The maximum Gasteiger partial charge on any atom is 0.490 e. The molecule has 0 aromatic heterocycles. The number of cyclic esters (lactones) is 1. The Bertz CT molecular complexity index is 751. The number of hydrogen-bond donors (Lipinski definition) is 1. The van der Waals surface area contributed by atoms with Crippen molar-refractivity contribution < 1.29 is 41.8 Å². The lowest BCUT2D eigenvalue weighted by atomic mass is 10.2. The molecule has 1 aromatic carbocycles. The molecule has 0 bridgehead atoms. The highest BCUT2D eigenvalue weighted by atomic mass is 19.4. The number of ether oxygens (including phenoxy) is 1. The van der Waals surface area contributed by atoms with Gasteiger partial charge in [-0.25, -0.2) is 14.0 Å². The summed E-state index contributed by atoms with van der Waals surface area (Å²) in [6.07, 6.45) is -5.52. The number of para-hydroxylation sites is 1. The van der Waals surface area contributed by atoms with Gasteiger partial charge in [0.15, 0.2) is 0 Å². The summed E-state index contributed by atoms with van der Waals surface area (Å²) in [5.74, 6) is -3.10. The molecule has 0 unspecified atom stereocenters. The standard InChI is InChI=1S/C15H18FN3O3.C2HF3O2/c16-12-3-1-2-4-13(12)17-5-7-18(8-6-17)14(20)11-19-9-10-22-15(19)21;3-2(4,5)1(6)7/h1-4H,5-11H2;(H,6,7). The summed E-state index contributed by atoms with van der Waals surface area (Å²) in [6, 6.07) is 6.64. The Balaban J connectivity index is 0.000000370. The minimum Gasteiger partial charge on any atom is -0.475 e. The number of piperazine rings is 1. The number of carboxylic acids is 1. The van der Waals surface area contributed by atoms with Crippen LogP contribution in [0.15, 0.2) is 24.3 Å². The van der Waals surface area contributed by atoms with Gasteiger partial charge in [-0.3, -0.25) is 9.69 Å². The minimum atomic E-state index is -5.08. The van der Waals surface area contributed by atoms with Gasteiger partial charge in [0.1, 0.15) is 19.0 Å². The van der Waals surface area contributed by atoms with Crippen LogP contribution in [0.1, 0.15) is 0 Å². The third kappa shape index (κ3) is 6.22. The van der Waals surface area contributed by atoms with Gasteiger partial charge < -0.3 is 19.6 Å². The molecule has 1 N–H and O–H groups in total. The summed E-state index contributed by atoms with van der Waals surface area (Å²) in [4.78, 5) is 37.5. The number of aliphatic carboxylic acids is 1. The van der Waals surface area contributed by atoms with Crippen molar-refractivity contribution in [3.05, 3.63) is 30.1 Å². The van der Waals surface area contributed by atoms with Crippen LogP contribution in [-0.2, 0) is 14.3 Å². The lowest BCUT2D eigenvalue weighted by molar-refractivity contribution is -0.192. The van der Waals surface area contributed by atoms with Crippen molar-refractivity contribution in [1.29, 1.82) is 0 Å². The highest BCUT2D eigenvalue weighted by molar-refractivity contribution is 5.83. The quantitative estimate of drug-likeness (QED) is 0.746. The SMILES string of the molecule is O=C(CN1CCOC1=O)N1CCN(c2ccccc2F)CC1.O=C(O)C(F)(F)F. The fourth-order valence-electron chi connectivity index (χ4n) is 2.74. The molecule has 29 heavy (non-hydrogen) atoms. The van der Waals surface area contributed by atoms with Crippen molar-refractivity contribution in [3.8, 4) is 0 Å². The van der Waals surface area contributed by atoms with Gasteiger partial charge in [0, 0.05) is 26.2 Å². The van der Waals surface area contributed by atoms with Crippen LogP contribution in [0.25, 0.3) is 0 Å². The van der Waals surface area contributed by atoms with Crippen LogP contribution < -0.4 is 4.90 Å². The third-order valence-electron chi connectivity index (χ3n) is 4.24. The average molecular weight is 421 g/mol. The summed E-state index contributed by atoms with van der Waals surface area (Å²) in [6.45, 7) is 3.06. The van der Waals surface area contributed by atoms with Gasteiger partial charge in [-0.2, -0.15) is 13.2 Å². The van der Waals surface area contributed by atoms with Crippen LogP contribution in [0.5, 0.6) is 0 Å². The Morgan fingerprint density at radius 1 is 1.07 bits per heavy atom. The van der Waals surface area contributed by atoms with Crippen LogP contribution in [0.4, 0.5) is 28.0 Å². The highest BCUT2D eigenvalue weighted by Gasteiger charge is 2.38. The largest absolute Gasteiger partial charge is 0.490 e. The molecule has 2 saturated heterocycles. The van der Waals surface area contributed by atoms with E-state index in [9.17, 15) is 27.2 Å². The lowest BCUT2D eigenvalue weighted by Crippen LogP contribution is -2.51. The van der Waals surface area contributed by atoms with E-state index in [-0.39, 0.29) is 18.3 Å². The van der Waals surface area contributed by atoms with Crippen molar-refractivity contribution >= 4 is 23.7 Å². The molecule has 0 aliphatic carbocycles. The summed E-state index contributed by atoms with van der Waals surface area (Å²) in [5, 5.41) is 7.12. The molecule has 2 fully saturated rings. The fourth-order valence-corrected chi connectivity index (χ4v) is 2.74. The monoisotopic (exact) mass is 421 g/mol. The molecule has 2 aliphatic heterocycles. The van der Waals surface area contributed by atoms with Crippen LogP contribution in [0.2, 0.25) is 0 Å². The first-order chi connectivity index (χ1) is 13.6.